The summed E-state index contributed by atoms with van der Waals surface area (Å²) in [6.07, 6.45) is 1.86. The van der Waals surface area contributed by atoms with Crippen molar-refractivity contribution in [3.63, 3.8) is 0 Å². The standard InChI is InChI=1S/C7H15ClN2O/c1-6(11)10-4-2-3-7(8)5-9/h7H,2-5,9H2,1H3,(H,10,11)/p+1. The SMILES string of the molecule is CC(=O)NCCCC(Cl)C[NH3+]. The molecule has 11 heavy (non-hydrogen) atoms. The first-order valence-electron chi connectivity index (χ1n) is 3.84. The van der Waals surface area contributed by atoms with E-state index in [4.69, 9.17) is 11.6 Å². The number of hydrogen-bond acceptors (Lipinski definition) is 1. The predicted octanol–water partition coefficient (Wildman–Crippen LogP) is -0.248. The highest BCUT2D eigenvalue weighted by atomic mass is 35.5. The maximum Gasteiger partial charge on any atom is 0.216 e. The molecule has 0 saturated heterocycles. The molecule has 0 spiro atoms. The van der Waals surface area contributed by atoms with Gasteiger partial charge in [-0.1, -0.05) is 0 Å². The van der Waals surface area contributed by atoms with Crippen LogP contribution >= 0.6 is 11.6 Å². The molecule has 0 aromatic heterocycles. The maximum absolute atomic E-state index is 10.4. The van der Waals surface area contributed by atoms with Crippen LogP contribution in [0.4, 0.5) is 0 Å². The highest BCUT2D eigenvalue weighted by molar-refractivity contribution is 6.20. The Morgan fingerprint density at radius 2 is 2.36 bits per heavy atom. The second-order valence-electron chi connectivity index (χ2n) is 2.51. The van der Waals surface area contributed by atoms with Crippen molar-refractivity contribution in [2.45, 2.75) is 25.1 Å². The molecule has 4 heteroatoms. The minimum Gasteiger partial charge on any atom is -0.356 e. The Kier molecular flexibility index (Phi) is 6.27. The fraction of sp³-hybridized carbons (Fsp3) is 0.857. The molecular weight excluding hydrogens is 164 g/mol. The molecule has 66 valence electrons. The lowest BCUT2D eigenvalue weighted by Gasteiger charge is -2.03. The Bertz CT molecular complexity index is 119. The molecule has 0 aliphatic carbocycles. The van der Waals surface area contributed by atoms with E-state index in [1.807, 2.05) is 0 Å². The van der Waals surface area contributed by atoms with Crippen molar-refractivity contribution in [1.82, 2.24) is 5.32 Å². The number of hydrogen-bond donors (Lipinski definition) is 2. The normalized spacial score (nSPS) is 12.6. The molecule has 0 rings (SSSR count). The van der Waals surface area contributed by atoms with Crippen LogP contribution in [-0.2, 0) is 4.79 Å². The van der Waals surface area contributed by atoms with Crippen LogP contribution in [0.15, 0.2) is 0 Å². The van der Waals surface area contributed by atoms with Gasteiger partial charge in [0, 0.05) is 13.5 Å². The molecule has 4 N–H and O–H groups in total. The van der Waals surface area contributed by atoms with E-state index in [0.717, 1.165) is 25.9 Å². The minimum atomic E-state index is 0.0192. The summed E-state index contributed by atoms with van der Waals surface area (Å²) in [7, 11) is 0. The van der Waals surface area contributed by atoms with E-state index in [1.165, 1.54) is 6.92 Å². The number of alkyl halides is 1. The summed E-state index contributed by atoms with van der Waals surface area (Å²) in [5.74, 6) is 0.0192. The Balaban J connectivity index is 3.08. The zero-order chi connectivity index (χ0) is 8.69. The third-order valence-electron chi connectivity index (χ3n) is 1.38. The van der Waals surface area contributed by atoms with Crippen LogP contribution in [0.3, 0.4) is 0 Å². The summed E-state index contributed by atoms with van der Waals surface area (Å²) < 4.78 is 0. The van der Waals surface area contributed by atoms with Gasteiger partial charge in [0.05, 0.1) is 11.9 Å². The number of quaternary nitrogens is 1. The molecule has 0 aliphatic heterocycles. The minimum absolute atomic E-state index is 0.0192. The predicted molar refractivity (Wildman–Crippen MR) is 45.3 cm³/mol. The van der Waals surface area contributed by atoms with Crippen molar-refractivity contribution >= 4 is 17.5 Å². The van der Waals surface area contributed by atoms with E-state index < -0.39 is 0 Å². The summed E-state index contributed by atoms with van der Waals surface area (Å²) in [6, 6.07) is 0. The van der Waals surface area contributed by atoms with Crippen LogP contribution < -0.4 is 11.1 Å². The molecule has 0 radical (unpaired) electrons. The molecule has 0 heterocycles. The van der Waals surface area contributed by atoms with Crippen molar-refractivity contribution in [1.29, 1.82) is 0 Å². The Hall–Kier alpha value is -0.280. The molecule has 1 amide bonds. The van der Waals surface area contributed by atoms with Gasteiger partial charge in [-0.25, -0.2) is 0 Å². The van der Waals surface area contributed by atoms with Crippen molar-refractivity contribution in [3.8, 4) is 0 Å². The van der Waals surface area contributed by atoms with E-state index in [9.17, 15) is 4.79 Å². The van der Waals surface area contributed by atoms with Gasteiger partial charge in [0.15, 0.2) is 0 Å². The van der Waals surface area contributed by atoms with E-state index >= 15 is 0 Å². The number of amides is 1. The molecule has 0 aliphatic rings. The zero-order valence-electron chi connectivity index (χ0n) is 6.90. The molecule has 1 atom stereocenters. The summed E-state index contributed by atoms with van der Waals surface area (Å²) in [5, 5.41) is 2.86. The van der Waals surface area contributed by atoms with Crippen LogP contribution in [0.2, 0.25) is 0 Å². The van der Waals surface area contributed by atoms with Gasteiger partial charge in [0.25, 0.3) is 0 Å². The first-order chi connectivity index (χ1) is 5.16. The van der Waals surface area contributed by atoms with E-state index in [2.05, 4.69) is 11.1 Å². The topological polar surface area (TPSA) is 56.7 Å². The summed E-state index contributed by atoms with van der Waals surface area (Å²) >= 11 is 5.81. The lowest BCUT2D eigenvalue weighted by atomic mass is 10.2. The van der Waals surface area contributed by atoms with Crippen molar-refractivity contribution in [2.75, 3.05) is 13.1 Å². The third kappa shape index (κ3) is 7.62. The summed E-state index contributed by atoms with van der Waals surface area (Å²) in [4.78, 5) is 10.4. The smallest absolute Gasteiger partial charge is 0.216 e. The molecule has 1 unspecified atom stereocenters. The quantitative estimate of drug-likeness (QED) is 0.444. The molecule has 0 aromatic carbocycles. The van der Waals surface area contributed by atoms with E-state index in [1.54, 1.807) is 0 Å². The molecule has 0 aromatic rings. The molecule has 0 saturated carbocycles. The second-order valence-corrected chi connectivity index (χ2v) is 3.13. The van der Waals surface area contributed by atoms with Crippen LogP contribution in [0.25, 0.3) is 0 Å². The average molecular weight is 180 g/mol. The van der Waals surface area contributed by atoms with Gasteiger partial charge < -0.3 is 11.1 Å². The Morgan fingerprint density at radius 3 is 2.82 bits per heavy atom. The van der Waals surface area contributed by atoms with Gasteiger partial charge in [0.2, 0.25) is 5.91 Å². The number of rotatable bonds is 5. The van der Waals surface area contributed by atoms with Gasteiger partial charge in [-0.3, -0.25) is 4.79 Å². The first kappa shape index (κ1) is 10.7. The molecule has 0 bridgehead atoms. The number of nitrogens with one attached hydrogen (secondary N) is 1. The average Bonchev–Trinajstić information content (AvgIpc) is 1.97. The number of carbonyl (C=O) groups is 1. The molecule has 3 nitrogen and oxygen atoms in total. The highest BCUT2D eigenvalue weighted by Crippen LogP contribution is 2.01. The number of carbonyl (C=O) groups excluding carboxylic acids is 1. The number of halogens is 1. The van der Waals surface area contributed by atoms with Crippen LogP contribution in [-0.4, -0.2) is 24.4 Å². The Labute approximate surface area is 72.3 Å². The lowest BCUT2D eigenvalue weighted by Crippen LogP contribution is -2.54. The largest absolute Gasteiger partial charge is 0.356 e. The summed E-state index contributed by atoms with van der Waals surface area (Å²) in [5.41, 5.74) is 3.68. The van der Waals surface area contributed by atoms with E-state index in [-0.39, 0.29) is 11.3 Å². The molecule has 0 fully saturated rings. The van der Waals surface area contributed by atoms with Gasteiger partial charge in [-0.2, -0.15) is 0 Å². The second kappa shape index (κ2) is 6.43. The zero-order valence-corrected chi connectivity index (χ0v) is 7.66. The van der Waals surface area contributed by atoms with Gasteiger partial charge in [0.1, 0.15) is 0 Å². The monoisotopic (exact) mass is 179 g/mol. The highest BCUT2D eigenvalue weighted by Gasteiger charge is 2.02. The summed E-state index contributed by atoms with van der Waals surface area (Å²) in [6.45, 7) is 2.99. The van der Waals surface area contributed by atoms with Crippen molar-refractivity contribution < 1.29 is 10.5 Å². The van der Waals surface area contributed by atoms with Crippen LogP contribution in [0.5, 0.6) is 0 Å². The van der Waals surface area contributed by atoms with Crippen LogP contribution in [0, 0.1) is 0 Å². The van der Waals surface area contributed by atoms with E-state index in [0.29, 0.717) is 0 Å². The fourth-order valence-corrected chi connectivity index (χ4v) is 0.887. The van der Waals surface area contributed by atoms with Crippen LogP contribution in [0.1, 0.15) is 19.8 Å². The van der Waals surface area contributed by atoms with Crippen molar-refractivity contribution in [3.05, 3.63) is 0 Å². The van der Waals surface area contributed by atoms with Gasteiger partial charge in [-0.05, 0) is 12.8 Å². The first-order valence-corrected chi connectivity index (χ1v) is 4.28. The van der Waals surface area contributed by atoms with Crippen molar-refractivity contribution in [2.24, 2.45) is 0 Å². The van der Waals surface area contributed by atoms with Gasteiger partial charge >= 0.3 is 0 Å². The maximum atomic E-state index is 10.4. The fourth-order valence-electron chi connectivity index (χ4n) is 0.732. The Morgan fingerprint density at radius 1 is 1.73 bits per heavy atom. The molecular formula is C7H16ClN2O+. The van der Waals surface area contributed by atoms with Gasteiger partial charge in [-0.15, -0.1) is 11.6 Å². The lowest BCUT2D eigenvalue weighted by molar-refractivity contribution is -0.367. The third-order valence-corrected chi connectivity index (χ3v) is 1.82.